The first-order valence-electron chi connectivity index (χ1n) is 11.7. The van der Waals surface area contributed by atoms with Gasteiger partial charge in [0.25, 0.3) is 6.71 Å². The second-order valence-electron chi connectivity index (χ2n) is 9.28. The van der Waals surface area contributed by atoms with E-state index in [0.717, 1.165) is 11.5 Å². The lowest BCUT2D eigenvalue weighted by Crippen LogP contribution is -2.58. The summed E-state index contributed by atoms with van der Waals surface area (Å²) in [6.45, 7) is 0.176. The Kier molecular flexibility index (Phi) is 3.03. The molecule has 7 aromatic rings. The predicted octanol–water partition coefficient (Wildman–Crippen LogP) is 6.09. The zero-order valence-electron chi connectivity index (χ0n) is 18.1. The van der Waals surface area contributed by atoms with E-state index in [1.165, 1.54) is 64.1 Å². The zero-order chi connectivity index (χ0) is 22.0. The predicted molar refractivity (Wildman–Crippen MR) is 145 cm³/mol. The molecule has 4 heterocycles. The van der Waals surface area contributed by atoms with Gasteiger partial charge < -0.3 is 9.30 Å². The minimum absolute atomic E-state index is 0.176. The van der Waals surface area contributed by atoms with Crippen molar-refractivity contribution in [3.63, 3.8) is 0 Å². The van der Waals surface area contributed by atoms with Gasteiger partial charge >= 0.3 is 0 Å². The quantitative estimate of drug-likeness (QED) is 0.256. The molecule has 0 bridgehead atoms. The van der Waals surface area contributed by atoms with Gasteiger partial charge in [-0.25, -0.2) is 0 Å². The number of ether oxygens (including phenoxy) is 1. The van der Waals surface area contributed by atoms with Crippen molar-refractivity contribution in [1.29, 1.82) is 0 Å². The van der Waals surface area contributed by atoms with Crippen LogP contribution >= 0.6 is 11.3 Å². The van der Waals surface area contributed by atoms with Crippen LogP contribution in [0, 0.1) is 0 Å². The zero-order valence-corrected chi connectivity index (χ0v) is 18.9. The van der Waals surface area contributed by atoms with Gasteiger partial charge in [0.1, 0.15) is 11.5 Å². The number of fused-ring (bicyclic) bond motifs is 12. The first kappa shape index (κ1) is 17.5. The first-order valence-corrected chi connectivity index (χ1v) is 12.5. The lowest BCUT2D eigenvalue weighted by Gasteiger charge is -2.32. The summed E-state index contributed by atoms with van der Waals surface area (Å²) in [7, 11) is 0. The average Bonchev–Trinajstić information content (AvgIpc) is 3.44. The fourth-order valence-electron chi connectivity index (χ4n) is 6.33. The molecule has 0 amide bonds. The van der Waals surface area contributed by atoms with Crippen LogP contribution in [0.15, 0.2) is 97.1 Å². The highest BCUT2D eigenvalue weighted by atomic mass is 32.1. The molecule has 0 radical (unpaired) electrons. The van der Waals surface area contributed by atoms with E-state index >= 15 is 0 Å². The Balaban J connectivity index is 1.56. The molecule has 5 aromatic carbocycles. The summed E-state index contributed by atoms with van der Waals surface area (Å²) < 4.78 is 11.7. The highest BCUT2D eigenvalue weighted by Gasteiger charge is 2.40. The Labute approximate surface area is 199 Å². The molecule has 2 aliphatic rings. The number of rotatable bonds is 0. The highest BCUT2D eigenvalue weighted by molar-refractivity contribution is 7.26. The van der Waals surface area contributed by atoms with E-state index in [1.54, 1.807) is 0 Å². The van der Waals surface area contributed by atoms with Gasteiger partial charge in [0.2, 0.25) is 0 Å². The Hall–Kier alpha value is -4.02. The van der Waals surface area contributed by atoms with Crippen LogP contribution in [-0.2, 0) is 0 Å². The van der Waals surface area contributed by atoms with Crippen molar-refractivity contribution in [2.75, 3.05) is 0 Å². The summed E-state index contributed by atoms with van der Waals surface area (Å²) in [5.74, 6) is 1.94. The number of hydrogen-bond acceptors (Lipinski definition) is 2. The van der Waals surface area contributed by atoms with Crippen molar-refractivity contribution in [1.82, 2.24) is 4.57 Å². The van der Waals surface area contributed by atoms with Crippen LogP contribution in [0.2, 0.25) is 0 Å². The van der Waals surface area contributed by atoms with E-state index in [2.05, 4.69) is 102 Å². The van der Waals surface area contributed by atoms with Gasteiger partial charge in [0.15, 0.2) is 0 Å². The van der Waals surface area contributed by atoms with Gasteiger partial charge in [0, 0.05) is 31.9 Å². The normalized spacial score (nSPS) is 13.5. The van der Waals surface area contributed by atoms with E-state index in [1.807, 2.05) is 11.3 Å². The van der Waals surface area contributed by atoms with E-state index in [4.69, 9.17) is 4.74 Å². The summed E-state index contributed by atoms with van der Waals surface area (Å²) in [4.78, 5) is 0. The number of benzene rings is 5. The summed E-state index contributed by atoms with van der Waals surface area (Å²) in [5.41, 5.74) is 7.76. The molecule has 4 heteroatoms. The lowest BCUT2D eigenvalue weighted by molar-refractivity contribution is 0.488. The van der Waals surface area contributed by atoms with Crippen LogP contribution in [0.5, 0.6) is 11.5 Å². The van der Waals surface area contributed by atoms with Crippen molar-refractivity contribution in [2.45, 2.75) is 0 Å². The molecule has 0 saturated carbocycles. The number of aromatic nitrogens is 1. The maximum absolute atomic E-state index is 6.48. The standard InChI is InChI=1S/C30H16BNOS/c1-6-12-26-17(7-1)20-14-13-19-18-15-16-25-27-28(18)32(29(19)30(20)34-26)23-10-4-2-8-21(23)31(27)22-9-3-5-11-24(22)33-25/h1-16H. The van der Waals surface area contributed by atoms with Crippen molar-refractivity contribution in [2.24, 2.45) is 0 Å². The molecule has 2 aromatic heterocycles. The van der Waals surface area contributed by atoms with Gasteiger partial charge in [0.05, 0.1) is 15.7 Å². The molecule has 0 aliphatic carbocycles. The smallest absolute Gasteiger partial charge is 0.256 e. The van der Waals surface area contributed by atoms with Crippen molar-refractivity contribution >= 4 is 76.4 Å². The molecule has 2 aliphatic heterocycles. The molecule has 0 fully saturated rings. The average molecular weight is 449 g/mol. The number of hydrogen-bond donors (Lipinski definition) is 0. The fourth-order valence-corrected chi connectivity index (χ4v) is 7.57. The van der Waals surface area contributed by atoms with Crippen LogP contribution in [0.4, 0.5) is 0 Å². The molecule has 0 saturated heterocycles. The second kappa shape index (κ2) is 5.91. The van der Waals surface area contributed by atoms with Crippen molar-refractivity contribution in [3.05, 3.63) is 97.1 Å². The van der Waals surface area contributed by atoms with Crippen molar-refractivity contribution in [3.8, 4) is 17.2 Å². The molecule has 0 atom stereocenters. The van der Waals surface area contributed by atoms with Crippen molar-refractivity contribution < 1.29 is 4.74 Å². The van der Waals surface area contributed by atoms with Gasteiger partial charge in [-0.3, -0.25) is 0 Å². The molecular formula is C30H16BNOS. The molecule has 0 unspecified atom stereocenters. The highest BCUT2D eigenvalue weighted by Crippen LogP contribution is 2.44. The summed E-state index contributed by atoms with van der Waals surface area (Å²) in [6.07, 6.45) is 0. The van der Waals surface area contributed by atoms with Crippen LogP contribution in [0.25, 0.3) is 47.7 Å². The minimum atomic E-state index is 0.176. The maximum atomic E-state index is 6.48. The topological polar surface area (TPSA) is 14.2 Å². The summed E-state index contributed by atoms with van der Waals surface area (Å²) >= 11 is 1.90. The molecule has 0 spiro atoms. The van der Waals surface area contributed by atoms with Crippen LogP contribution in [0.1, 0.15) is 0 Å². The molecular weight excluding hydrogens is 433 g/mol. The van der Waals surface area contributed by atoms with E-state index in [-0.39, 0.29) is 6.71 Å². The van der Waals surface area contributed by atoms with Gasteiger partial charge in [-0.15, -0.1) is 11.3 Å². The Bertz CT molecular complexity index is 2010. The summed E-state index contributed by atoms with van der Waals surface area (Å²) in [5, 5.41) is 5.28. The van der Waals surface area contributed by atoms with E-state index < -0.39 is 0 Å². The minimum Gasteiger partial charge on any atom is -0.458 e. The number of thiophene rings is 1. The SMILES string of the molecule is c1ccc2c(c1)Oc1ccc3c4ccc5c6ccccc6sc5c4n4c3c1B2c1ccccc1-4. The molecule has 0 N–H and O–H groups in total. The van der Waals surface area contributed by atoms with Gasteiger partial charge in [-0.05, 0) is 46.7 Å². The third-order valence-electron chi connectivity index (χ3n) is 7.66. The first-order chi connectivity index (χ1) is 16.9. The number of nitrogens with zero attached hydrogens (tertiary/aromatic N) is 1. The maximum Gasteiger partial charge on any atom is 0.256 e. The van der Waals surface area contributed by atoms with Gasteiger partial charge in [-0.1, -0.05) is 66.7 Å². The van der Waals surface area contributed by atoms with E-state index in [0.29, 0.717) is 0 Å². The number of para-hydroxylation sites is 2. The van der Waals surface area contributed by atoms with Crippen LogP contribution in [-0.4, -0.2) is 11.3 Å². The third kappa shape index (κ3) is 1.92. The summed E-state index contributed by atoms with van der Waals surface area (Å²) in [6, 6.07) is 35.2. The largest absolute Gasteiger partial charge is 0.458 e. The van der Waals surface area contributed by atoms with Crippen LogP contribution < -0.4 is 21.1 Å². The third-order valence-corrected chi connectivity index (χ3v) is 8.86. The molecule has 34 heavy (non-hydrogen) atoms. The Morgan fingerprint density at radius 2 is 1.32 bits per heavy atom. The molecule has 2 nitrogen and oxygen atoms in total. The lowest BCUT2D eigenvalue weighted by atomic mass is 9.34. The fraction of sp³-hybridized carbons (Fsp3) is 0. The Morgan fingerprint density at radius 1 is 0.588 bits per heavy atom. The monoisotopic (exact) mass is 449 g/mol. The molecule has 156 valence electrons. The van der Waals surface area contributed by atoms with Crippen LogP contribution in [0.3, 0.4) is 0 Å². The van der Waals surface area contributed by atoms with E-state index in [9.17, 15) is 0 Å². The van der Waals surface area contributed by atoms with Gasteiger partial charge in [-0.2, -0.15) is 0 Å². The second-order valence-corrected chi connectivity index (χ2v) is 10.3. The Morgan fingerprint density at radius 3 is 2.29 bits per heavy atom. The molecule has 9 rings (SSSR count).